The van der Waals surface area contributed by atoms with Gasteiger partial charge in [0.25, 0.3) is 0 Å². The normalized spacial score (nSPS) is 14.7. The molecule has 2 atom stereocenters. The Kier molecular flexibility index (Phi) is 18.7. The quantitative estimate of drug-likeness (QED) is 0.0260. The number of rotatable bonds is 21. The highest BCUT2D eigenvalue weighted by molar-refractivity contribution is 6.77. The Bertz CT molecular complexity index is 990. The first kappa shape index (κ1) is 38.8. The van der Waals surface area contributed by atoms with E-state index in [1.807, 2.05) is 30.3 Å². The Morgan fingerprint density at radius 2 is 1.47 bits per heavy atom. The number of esters is 1. The van der Waals surface area contributed by atoms with Gasteiger partial charge < -0.3 is 28.1 Å². The number of allylic oxidation sites excluding steroid dienone is 3. The first-order valence-corrected chi connectivity index (χ1v) is 17.6. The lowest BCUT2D eigenvalue weighted by atomic mass is 9.96. The number of ether oxygens (including phenoxy) is 5. The molecule has 0 saturated carbocycles. The fourth-order valence-corrected chi connectivity index (χ4v) is 11.4. The minimum atomic E-state index is -2.13. The highest BCUT2D eigenvalue weighted by Gasteiger charge is 2.47. The lowest BCUT2D eigenvalue weighted by Crippen LogP contribution is -2.51. The Morgan fingerprint density at radius 3 is 2.00 bits per heavy atom. The molecule has 8 heteroatoms. The molecule has 1 rings (SSSR count). The van der Waals surface area contributed by atoms with Crippen molar-refractivity contribution in [3.63, 3.8) is 0 Å². The molecular formula is C35H58O7Si. The molecule has 1 aromatic rings. The number of hydrogen-bond donors (Lipinski definition) is 0. The largest absolute Gasteiger partial charge is 0.497 e. The maximum atomic E-state index is 11.5. The molecule has 0 saturated heterocycles. The molecular weight excluding hydrogens is 560 g/mol. The van der Waals surface area contributed by atoms with Gasteiger partial charge in [0.1, 0.15) is 12.5 Å². The van der Waals surface area contributed by atoms with E-state index in [2.05, 4.69) is 61.5 Å². The summed E-state index contributed by atoms with van der Waals surface area (Å²) in [4.78, 5) is 11.5. The van der Waals surface area contributed by atoms with Gasteiger partial charge in [-0.15, -0.1) is 0 Å². The number of methoxy groups -OCH3 is 3. The van der Waals surface area contributed by atoms with Crippen molar-refractivity contribution in [3.05, 3.63) is 65.3 Å². The molecule has 0 radical (unpaired) electrons. The molecule has 0 aliphatic carbocycles. The van der Waals surface area contributed by atoms with Crippen LogP contribution in [0.2, 0.25) is 16.6 Å². The zero-order chi connectivity index (χ0) is 32.4. The lowest BCUT2D eigenvalue weighted by molar-refractivity contribution is -0.134. The van der Waals surface area contributed by atoms with E-state index >= 15 is 0 Å². The van der Waals surface area contributed by atoms with Crippen molar-refractivity contribution in [2.45, 2.75) is 97.6 Å². The number of hydrogen-bond acceptors (Lipinski definition) is 7. The van der Waals surface area contributed by atoms with Crippen molar-refractivity contribution in [1.82, 2.24) is 0 Å². The predicted molar refractivity (Wildman–Crippen MR) is 178 cm³/mol. The Labute approximate surface area is 262 Å². The van der Waals surface area contributed by atoms with E-state index in [1.165, 1.54) is 18.8 Å². The zero-order valence-electron chi connectivity index (χ0n) is 28.6. The van der Waals surface area contributed by atoms with Gasteiger partial charge in [-0.1, -0.05) is 84.4 Å². The third kappa shape index (κ3) is 13.1. The van der Waals surface area contributed by atoms with Crippen LogP contribution in [0, 0.1) is 5.92 Å². The molecule has 0 N–H and O–H groups in total. The summed E-state index contributed by atoms with van der Waals surface area (Å²) in [5.41, 5.74) is 4.88. The van der Waals surface area contributed by atoms with Crippen molar-refractivity contribution in [1.29, 1.82) is 0 Å². The lowest BCUT2D eigenvalue weighted by Gasteiger charge is -2.45. The molecule has 0 amide bonds. The molecule has 1 aromatic carbocycles. The SMILES string of the molecule is COCOC/C(COCc1ccc(OC)cc1)=C(/C)CC[C@H](O[Si](C(C)C)(C(C)C)C(C)C)[C@@H](C)/C=C/C=C/C(=O)OC. The molecule has 0 heterocycles. The summed E-state index contributed by atoms with van der Waals surface area (Å²) in [7, 11) is 2.54. The van der Waals surface area contributed by atoms with E-state index in [0.29, 0.717) is 36.4 Å². The molecule has 0 aliphatic heterocycles. The second-order valence-corrected chi connectivity index (χ2v) is 17.5. The third-order valence-corrected chi connectivity index (χ3v) is 14.3. The summed E-state index contributed by atoms with van der Waals surface area (Å²) in [6.45, 7) is 19.9. The number of carbonyl (C=O) groups is 1. The van der Waals surface area contributed by atoms with Crippen LogP contribution in [0.15, 0.2) is 59.7 Å². The van der Waals surface area contributed by atoms with Crippen molar-refractivity contribution in [3.8, 4) is 5.75 Å². The predicted octanol–water partition coefficient (Wildman–Crippen LogP) is 8.41. The summed E-state index contributed by atoms with van der Waals surface area (Å²) in [6, 6.07) is 7.92. The van der Waals surface area contributed by atoms with Crippen LogP contribution in [0.5, 0.6) is 5.75 Å². The van der Waals surface area contributed by atoms with Gasteiger partial charge in [0, 0.05) is 13.2 Å². The number of benzene rings is 1. The van der Waals surface area contributed by atoms with Crippen molar-refractivity contribution < 1.29 is 32.9 Å². The zero-order valence-corrected chi connectivity index (χ0v) is 29.6. The fraction of sp³-hybridized carbons (Fsp3) is 0.629. The summed E-state index contributed by atoms with van der Waals surface area (Å²) in [5.74, 6) is 0.611. The van der Waals surface area contributed by atoms with E-state index in [0.717, 1.165) is 29.7 Å². The van der Waals surface area contributed by atoms with E-state index in [4.69, 9.17) is 28.1 Å². The molecule has 0 aromatic heterocycles. The van der Waals surface area contributed by atoms with Crippen molar-refractivity contribution >= 4 is 14.3 Å². The monoisotopic (exact) mass is 618 g/mol. The molecule has 0 fully saturated rings. The summed E-state index contributed by atoms with van der Waals surface area (Å²) in [6.07, 6.45) is 8.96. The van der Waals surface area contributed by atoms with Crippen LogP contribution >= 0.6 is 0 Å². The summed E-state index contributed by atoms with van der Waals surface area (Å²) < 4.78 is 34.3. The van der Waals surface area contributed by atoms with Crippen molar-refractivity contribution in [2.75, 3.05) is 41.3 Å². The Morgan fingerprint density at radius 1 is 0.860 bits per heavy atom. The first-order chi connectivity index (χ1) is 20.4. The fourth-order valence-electron chi connectivity index (χ4n) is 5.75. The second kappa shape index (κ2) is 20.7. The number of carbonyl (C=O) groups excluding carboxylic acids is 1. The van der Waals surface area contributed by atoms with E-state index in [9.17, 15) is 4.79 Å². The van der Waals surface area contributed by atoms with Gasteiger partial charge >= 0.3 is 5.97 Å². The van der Waals surface area contributed by atoms with Gasteiger partial charge in [0.15, 0.2) is 0 Å². The van der Waals surface area contributed by atoms with E-state index in [1.54, 1.807) is 20.3 Å². The maximum absolute atomic E-state index is 11.5. The standard InChI is InChI=1S/C35H58O7Si/c1-26(2)43(27(3)4,28(5)6)42-34(30(8)14-12-13-15-35(36)39-11)21-16-29(7)32(24-41-25-37-9)23-40-22-31-17-19-33(38-10)20-18-31/h12-15,17-20,26-28,30,34H,16,21-25H2,1-11H3/b14-12+,15-13+,32-29-/t30-,34-/m0/s1. The average Bonchev–Trinajstić information content (AvgIpc) is 2.98. The third-order valence-electron chi connectivity index (χ3n) is 8.20. The van der Waals surface area contributed by atoms with Crippen LogP contribution in [0.4, 0.5) is 0 Å². The highest BCUT2D eigenvalue weighted by Crippen LogP contribution is 2.44. The minimum Gasteiger partial charge on any atom is -0.497 e. The van der Waals surface area contributed by atoms with Gasteiger partial charge in [-0.2, -0.15) is 0 Å². The van der Waals surface area contributed by atoms with Crippen LogP contribution in [0.3, 0.4) is 0 Å². The van der Waals surface area contributed by atoms with E-state index in [-0.39, 0.29) is 24.8 Å². The van der Waals surface area contributed by atoms with Gasteiger partial charge in [-0.3, -0.25) is 0 Å². The van der Waals surface area contributed by atoms with E-state index < -0.39 is 8.32 Å². The molecule has 0 aliphatic rings. The first-order valence-electron chi connectivity index (χ1n) is 15.5. The smallest absolute Gasteiger partial charge is 0.330 e. The maximum Gasteiger partial charge on any atom is 0.330 e. The molecule has 43 heavy (non-hydrogen) atoms. The van der Waals surface area contributed by atoms with Gasteiger partial charge in [0.2, 0.25) is 8.32 Å². The average molecular weight is 619 g/mol. The van der Waals surface area contributed by atoms with Gasteiger partial charge in [0.05, 0.1) is 40.1 Å². The highest BCUT2D eigenvalue weighted by atomic mass is 28.4. The Hall–Kier alpha value is -2.23. The molecule has 0 bridgehead atoms. The van der Waals surface area contributed by atoms with Crippen LogP contribution < -0.4 is 4.74 Å². The van der Waals surface area contributed by atoms with Crippen LogP contribution in [-0.2, 0) is 34.8 Å². The Balaban J connectivity index is 3.20. The van der Waals surface area contributed by atoms with Crippen LogP contribution in [-0.4, -0.2) is 61.7 Å². The van der Waals surface area contributed by atoms with Crippen LogP contribution in [0.25, 0.3) is 0 Å². The molecule has 244 valence electrons. The topological polar surface area (TPSA) is 72.5 Å². The summed E-state index contributed by atoms with van der Waals surface area (Å²) >= 11 is 0. The minimum absolute atomic E-state index is 0.0259. The van der Waals surface area contributed by atoms with Crippen molar-refractivity contribution in [2.24, 2.45) is 5.92 Å². The summed E-state index contributed by atoms with van der Waals surface area (Å²) in [5, 5.41) is 0. The van der Waals surface area contributed by atoms with Crippen LogP contribution in [0.1, 0.15) is 73.8 Å². The van der Waals surface area contributed by atoms with Gasteiger partial charge in [-0.25, -0.2) is 4.79 Å². The molecule has 0 spiro atoms. The molecule has 7 nitrogen and oxygen atoms in total. The van der Waals surface area contributed by atoms with Gasteiger partial charge in [-0.05, 0) is 65.6 Å². The molecule has 0 unspecified atom stereocenters. The second-order valence-electron chi connectivity index (χ2n) is 12.1.